The van der Waals surface area contributed by atoms with E-state index in [1.54, 1.807) is 64.1 Å². The van der Waals surface area contributed by atoms with Gasteiger partial charge in [0.2, 0.25) is 0 Å². The lowest BCUT2D eigenvalue weighted by Crippen LogP contribution is -2.57. The lowest BCUT2D eigenvalue weighted by molar-refractivity contribution is -0.170. The Morgan fingerprint density at radius 3 is 2.41 bits per heavy atom. The van der Waals surface area contributed by atoms with Gasteiger partial charge in [-0.25, -0.2) is 9.59 Å². The van der Waals surface area contributed by atoms with E-state index >= 15 is 0 Å². The molecule has 0 aliphatic carbocycles. The summed E-state index contributed by atoms with van der Waals surface area (Å²) in [6.07, 6.45) is 0.606. The number of amides is 1. The van der Waals surface area contributed by atoms with Gasteiger partial charge in [-0.15, -0.1) is 0 Å². The van der Waals surface area contributed by atoms with Crippen molar-refractivity contribution in [1.82, 2.24) is 5.32 Å². The zero-order valence-electron chi connectivity index (χ0n) is 17.0. The summed E-state index contributed by atoms with van der Waals surface area (Å²) in [5, 5.41) is 2.43. The fraction of sp³-hybridized carbons (Fsp3) is 0.364. The van der Waals surface area contributed by atoms with Crippen LogP contribution in [0.1, 0.15) is 39.0 Å². The molecule has 154 valence electrons. The van der Waals surface area contributed by atoms with Gasteiger partial charge in [-0.05, 0) is 57.9 Å². The Bertz CT molecular complexity index is 858. The van der Waals surface area contributed by atoms with Crippen LogP contribution in [0.15, 0.2) is 53.1 Å². The van der Waals surface area contributed by atoms with Gasteiger partial charge in [-0.2, -0.15) is 0 Å². The lowest BCUT2D eigenvalue weighted by atomic mass is 10.1. The van der Waals surface area contributed by atoms with E-state index in [4.69, 9.17) is 18.6 Å². The molecular weight excluding hydrogens is 374 g/mol. The van der Waals surface area contributed by atoms with Gasteiger partial charge >= 0.3 is 17.8 Å². The molecule has 29 heavy (non-hydrogen) atoms. The van der Waals surface area contributed by atoms with Crippen LogP contribution in [0.4, 0.5) is 4.79 Å². The van der Waals surface area contributed by atoms with Crippen molar-refractivity contribution >= 4 is 12.1 Å². The number of hydrogen-bond donors (Lipinski definition) is 1. The number of hydrogen-bond acceptors (Lipinski definition) is 6. The quantitative estimate of drug-likeness (QED) is 0.453. The Balaban J connectivity index is 2.40. The molecule has 1 atom stereocenters. The van der Waals surface area contributed by atoms with Gasteiger partial charge in [0, 0.05) is 5.56 Å². The molecule has 7 nitrogen and oxygen atoms in total. The molecule has 1 aromatic carbocycles. The first-order valence-corrected chi connectivity index (χ1v) is 9.17. The highest BCUT2D eigenvalue weighted by Gasteiger charge is 2.43. The van der Waals surface area contributed by atoms with Crippen LogP contribution in [-0.4, -0.2) is 30.0 Å². The summed E-state index contributed by atoms with van der Waals surface area (Å²) in [6, 6.07) is 12.3. The summed E-state index contributed by atoms with van der Waals surface area (Å²) < 4.78 is 21.4. The molecule has 0 saturated heterocycles. The van der Waals surface area contributed by atoms with E-state index < -0.39 is 23.4 Å². The SMILES string of the molecule is CCOC(=O)C(C#Cc1ccccc1)(NC(=O)OC(C)(C)C)OCc1ccco1. The van der Waals surface area contributed by atoms with Crippen LogP contribution >= 0.6 is 0 Å². The molecule has 0 aliphatic rings. The fourth-order valence-electron chi connectivity index (χ4n) is 2.20. The third kappa shape index (κ3) is 7.01. The van der Waals surface area contributed by atoms with E-state index in [9.17, 15) is 9.59 Å². The number of rotatable bonds is 6. The second kappa shape index (κ2) is 9.80. The highest BCUT2D eigenvalue weighted by atomic mass is 16.6. The van der Waals surface area contributed by atoms with E-state index in [0.29, 0.717) is 11.3 Å². The maximum atomic E-state index is 12.8. The Morgan fingerprint density at radius 2 is 1.83 bits per heavy atom. The Hall–Kier alpha value is -3.24. The third-order valence-corrected chi connectivity index (χ3v) is 3.41. The minimum atomic E-state index is -2.08. The first-order chi connectivity index (χ1) is 13.7. The zero-order valence-corrected chi connectivity index (χ0v) is 17.0. The van der Waals surface area contributed by atoms with Gasteiger partial charge in [-0.1, -0.05) is 24.1 Å². The van der Waals surface area contributed by atoms with Crippen molar-refractivity contribution in [3.63, 3.8) is 0 Å². The molecule has 0 aliphatic heterocycles. The molecule has 0 fully saturated rings. The smallest absolute Gasteiger partial charge is 0.411 e. The number of carbonyl (C=O) groups excluding carboxylic acids is 2. The van der Waals surface area contributed by atoms with Crippen LogP contribution in [0.25, 0.3) is 0 Å². The molecule has 0 bridgehead atoms. The number of benzene rings is 1. The van der Waals surface area contributed by atoms with Crippen LogP contribution in [0, 0.1) is 11.8 Å². The molecule has 0 saturated carbocycles. The van der Waals surface area contributed by atoms with Crippen molar-refractivity contribution in [1.29, 1.82) is 0 Å². The van der Waals surface area contributed by atoms with Crippen molar-refractivity contribution < 1.29 is 28.2 Å². The summed E-state index contributed by atoms with van der Waals surface area (Å²) in [5.41, 5.74) is -2.23. The summed E-state index contributed by atoms with van der Waals surface area (Å²) in [5.74, 6) is 5.15. The standard InChI is InChI=1S/C22H25NO6/c1-5-26-19(24)22(23-20(25)29-21(2,3)4,28-16-18-12-9-15-27-18)14-13-17-10-7-6-8-11-17/h6-12,15H,5,16H2,1-4H3,(H,23,25). The van der Waals surface area contributed by atoms with Crippen molar-refractivity contribution in [3.05, 3.63) is 60.1 Å². The highest BCUT2D eigenvalue weighted by molar-refractivity contribution is 5.88. The Labute approximate surface area is 170 Å². The summed E-state index contributed by atoms with van der Waals surface area (Å²) in [6.45, 7) is 6.72. The maximum Gasteiger partial charge on any atom is 0.411 e. The van der Waals surface area contributed by atoms with E-state index in [1.165, 1.54) is 6.26 Å². The average Bonchev–Trinajstić information content (AvgIpc) is 3.17. The third-order valence-electron chi connectivity index (χ3n) is 3.41. The van der Waals surface area contributed by atoms with Gasteiger partial charge in [0.25, 0.3) is 0 Å². The predicted octanol–water partition coefficient (Wildman–Crippen LogP) is 3.63. The molecule has 1 unspecified atom stereocenters. The zero-order chi connectivity index (χ0) is 21.3. The molecule has 7 heteroatoms. The monoisotopic (exact) mass is 399 g/mol. The van der Waals surface area contributed by atoms with E-state index in [1.807, 2.05) is 6.07 Å². The topological polar surface area (TPSA) is 87.0 Å². The largest absolute Gasteiger partial charge is 0.467 e. The molecule has 2 aromatic rings. The van der Waals surface area contributed by atoms with Gasteiger partial charge in [0.05, 0.1) is 12.9 Å². The van der Waals surface area contributed by atoms with Crippen LogP contribution in [-0.2, 0) is 25.6 Å². The van der Waals surface area contributed by atoms with E-state index in [2.05, 4.69) is 17.2 Å². The lowest BCUT2D eigenvalue weighted by Gasteiger charge is -2.28. The molecule has 0 radical (unpaired) electrons. The van der Waals surface area contributed by atoms with Gasteiger partial charge in [0.1, 0.15) is 18.0 Å². The van der Waals surface area contributed by atoms with Crippen molar-refractivity contribution in [2.24, 2.45) is 0 Å². The minimum Gasteiger partial charge on any atom is -0.467 e. The normalized spacial score (nSPS) is 12.8. The maximum absolute atomic E-state index is 12.8. The van der Waals surface area contributed by atoms with Crippen molar-refractivity contribution in [2.75, 3.05) is 6.61 Å². The molecule has 2 rings (SSSR count). The number of nitrogens with one attached hydrogen (secondary N) is 1. The summed E-state index contributed by atoms with van der Waals surface area (Å²) in [7, 11) is 0. The molecule has 1 aromatic heterocycles. The van der Waals surface area contributed by atoms with Crippen LogP contribution in [0.2, 0.25) is 0 Å². The minimum absolute atomic E-state index is 0.0771. The molecule has 1 N–H and O–H groups in total. The first kappa shape index (κ1) is 22.1. The first-order valence-electron chi connectivity index (χ1n) is 9.17. The Morgan fingerprint density at radius 1 is 1.10 bits per heavy atom. The van der Waals surface area contributed by atoms with Crippen LogP contribution < -0.4 is 5.32 Å². The van der Waals surface area contributed by atoms with Crippen LogP contribution in [0.5, 0.6) is 0 Å². The number of alkyl carbamates (subject to hydrolysis) is 1. The molecule has 0 spiro atoms. The van der Waals surface area contributed by atoms with Crippen molar-refractivity contribution in [3.8, 4) is 11.8 Å². The van der Waals surface area contributed by atoms with Gasteiger partial charge < -0.3 is 18.6 Å². The fourth-order valence-corrected chi connectivity index (χ4v) is 2.20. The van der Waals surface area contributed by atoms with E-state index in [0.717, 1.165) is 0 Å². The van der Waals surface area contributed by atoms with Crippen molar-refractivity contribution in [2.45, 2.75) is 45.6 Å². The Kier molecular flexibility index (Phi) is 7.46. The summed E-state index contributed by atoms with van der Waals surface area (Å²) >= 11 is 0. The van der Waals surface area contributed by atoms with Gasteiger partial charge in [0.15, 0.2) is 0 Å². The second-order valence-corrected chi connectivity index (χ2v) is 7.01. The average molecular weight is 399 g/mol. The number of furan rings is 1. The van der Waals surface area contributed by atoms with Gasteiger partial charge in [-0.3, -0.25) is 5.32 Å². The predicted molar refractivity (Wildman–Crippen MR) is 106 cm³/mol. The summed E-state index contributed by atoms with van der Waals surface area (Å²) in [4.78, 5) is 25.2. The molecule has 1 amide bonds. The van der Waals surface area contributed by atoms with E-state index in [-0.39, 0.29) is 13.2 Å². The molecule has 1 heterocycles. The molecular formula is C22H25NO6. The number of esters is 1. The highest BCUT2D eigenvalue weighted by Crippen LogP contribution is 2.16. The van der Waals surface area contributed by atoms with Crippen LogP contribution in [0.3, 0.4) is 0 Å². The second-order valence-electron chi connectivity index (χ2n) is 7.01. The number of carbonyl (C=O) groups is 2. The number of ether oxygens (including phenoxy) is 3.